The zero-order valence-electron chi connectivity index (χ0n) is 15.1. The van der Waals surface area contributed by atoms with Crippen LogP contribution in [-0.2, 0) is 16.0 Å². The number of hydrogen-bond acceptors (Lipinski definition) is 5. The standard InChI is InChI=1S/C19H23N3O4.ClH/c1-21-19(24)13-26-17-4-2-3-14(11-17)12-18(23)22-15-5-7-16(8-6-15)25-10-9-20;/h2-8,11H,9-10,12-13,20H2,1H3,(H,21,24)(H,22,23);1H. The van der Waals surface area contributed by atoms with Gasteiger partial charge in [-0.3, -0.25) is 9.59 Å². The zero-order valence-corrected chi connectivity index (χ0v) is 15.9. The number of nitrogens with one attached hydrogen (secondary N) is 2. The number of ether oxygens (including phenoxy) is 2. The highest BCUT2D eigenvalue weighted by molar-refractivity contribution is 5.92. The molecule has 0 heterocycles. The van der Waals surface area contributed by atoms with Crippen LogP contribution in [0.3, 0.4) is 0 Å². The number of carbonyl (C=O) groups excluding carboxylic acids is 2. The minimum absolute atomic E-state index is 0. The van der Waals surface area contributed by atoms with Crippen molar-refractivity contribution in [1.82, 2.24) is 5.32 Å². The maximum atomic E-state index is 12.2. The molecule has 0 aliphatic rings. The Morgan fingerprint density at radius 1 is 1.00 bits per heavy atom. The van der Waals surface area contributed by atoms with Gasteiger partial charge in [0.1, 0.15) is 18.1 Å². The van der Waals surface area contributed by atoms with Gasteiger partial charge in [-0.2, -0.15) is 0 Å². The van der Waals surface area contributed by atoms with Gasteiger partial charge in [-0.25, -0.2) is 0 Å². The summed E-state index contributed by atoms with van der Waals surface area (Å²) in [7, 11) is 1.54. The Morgan fingerprint density at radius 2 is 1.74 bits per heavy atom. The van der Waals surface area contributed by atoms with Crippen molar-refractivity contribution in [2.45, 2.75) is 6.42 Å². The first-order valence-electron chi connectivity index (χ1n) is 8.26. The van der Waals surface area contributed by atoms with Crippen LogP contribution in [0.5, 0.6) is 11.5 Å². The van der Waals surface area contributed by atoms with E-state index in [1.54, 1.807) is 49.5 Å². The lowest BCUT2D eigenvalue weighted by molar-refractivity contribution is -0.122. The van der Waals surface area contributed by atoms with Gasteiger partial charge >= 0.3 is 0 Å². The van der Waals surface area contributed by atoms with Crippen LogP contribution in [0.1, 0.15) is 5.56 Å². The summed E-state index contributed by atoms with van der Waals surface area (Å²) in [6.45, 7) is 0.832. The van der Waals surface area contributed by atoms with Gasteiger partial charge in [-0.1, -0.05) is 12.1 Å². The largest absolute Gasteiger partial charge is 0.492 e. The first-order chi connectivity index (χ1) is 12.6. The van der Waals surface area contributed by atoms with E-state index in [2.05, 4.69) is 10.6 Å². The molecule has 7 nitrogen and oxygen atoms in total. The van der Waals surface area contributed by atoms with Crippen molar-refractivity contribution in [3.8, 4) is 11.5 Å². The Labute approximate surface area is 164 Å². The highest BCUT2D eigenvalue weighted by Crippen LogP contribution is 2.17. The molecule has 2 aromatic rings. The predicted molar refractivity (Wildman–Crippen MR) is 107 cm³/mol. The van der Waals surface area contributed by atoms with Crippen molar-refractivity contribution in [1.29, 1.82) is 0 Å². The molecule has 0 spiro atoms. The molecule has 0 radical (unpaired) electrons. The second kappa shape index (κ2) is 11.8. The van der Waals surface area contributed by atoms with E-state index in [0.717, 1.165) is 5.56 Å². The van der Waals surface area contributed by atoms with Crippen molar-refractivity contribution in [3.05, 3.63) is 54.1 Å². The van der Waals surface area contributed by atoms with Gasteiger partial charge in [0.2, 0.25) is 5.91 Å². The first kappa shape index (κ1) is 22.3. The van der Waals surface area contributed by atoms with Crippen LogP contribution in [0.2, 0.25) is 0 Å². The average molecular weight is 394 g/mol. The van der Waals surface area contributed by atoms with Crippen LogP contribution in [0, 0.1) is 0 Å². The maximum absolute atomic E-state index is 12.2. The van der Waals surface area contributed by atoms with Gasteiger partial charge in [0.25, 0.3) is 5.91 Å². The molecular formula is C19H24ClN3O4. The smallest absolute Gasteiger partial charge is 0.257 e. The number of anilines is 1. The highest BCUT2D eigenvalue weighted by Gasteiger charge is 2.07. The molecule has 146 valence electrons. The van der Waals surface area contributed by atoms with E-state index in [0.29, 0.717) is 30.3 Å². The Bertz CT molecular complexity index is 738. The normalized spacial score (nSPS) is 9.70. The molecule has 2 aromatic carbocycles. The van der Waals surface area contributed by atoms with Gasteiger partial charge in [-0.15, -0.1) is 12.4 Å². The van der Waals surface area contributed by atoms with Crippen molar-refractivity contribution < 1.29 is 19.1 Å². The predicted octanol–water partition coefficient (Wildman–Crippen LogP) is 1.75. The molecule has 2 rings (SSSR count). The van der Waals surface area contributed by atoms with Crippen LogP contribution >= 0.6 is 12.4 Å². The molecule has 0 atom stereocenters. The minimum Gasteiger partial charge on any atom is -0.492 e. The summed E-state index contributed by atoms with van der Waals surface area (Å²) in [6.07, 6.45) is 0.197. The summed E-state index contributed by atoms with van der Waals surface area (Å²) < 4.78 is 10.8. The van der Waals surface area contributed by atoms with Crippen molar-refractivity contribution in [2.24, 2.45) is 5.73 Å². The van der Waals surface area contributed by atoms with Crippen molar-refractivity contribution >= 4 is 29.9 Å². The SMILES string of the molecule is CNC(=O)COc1cccc(CC(=O)Nc2ccc(OCCN)cc2)c1.Cl. The lowest BCUT2D eigenvalue weighted by Crippen LogP contribution is -2.24. The number of carbonyl (C=O) groups is 2. The lowest BCUT2D eigenvalue weighted by atomic mass is 10.1. The van der Waals surface area contributed by atoms with E-state index < -0.39 is 0 Å². The fraction of sp³-hybridized carbons (Fsp3) is 0.263. The Balaban J connectivity index is 0.00000364. The molecule has 0 bridgehead atoms. The molecule has 0 saturated carbocycles. The number of likely N-dealkylation sites (N-methyl/N-ethyl adjacent to an activating group) is 1. The molecular weight excluding hydrogens is 370 g/mol. The molecule has 0 aliphatic heterocycles. The highest BCUT2D eigenvalue weighted by atomic mass is 35.5. The van der Waals surface area contributed by atoms with Crippen molar-refractivity contribution in [2.75, 3.05) is 32.1 Å². The lowest BCUT2D eigenvalue weighted by Gasteiger charge is -2.09. The summed E-state index contributed by atoms with van der Waals surface area (Å²) in [5, 5.41) is 5.31. The zero-order chi connectivity index (χ0) is 18.8. The topological polar surface area (TPSA) is 103 Å². The average Bonchev–Trinajstić information content (AvgIpc) is 2.65. The number of benzene rings is 2. The van der Waals surface area contributed by atoms with E-state index in [4.69, 9.17) is 15.2 Å². The maximum Gasteiger partial charge on any atom is 0.257 e. The van der Waals surface area contributed by atoms with Crippen LogP contribution in [0.15, 0.2) is 48.5 Å². The van der Waals surface area contributed by atoms with Crippen LogP contribution in [0.4, 0.5) is 5.69 Å². The van der Waals surface area contributed by atoms with E-state index in [-0.39, 0.29) is 37.2 Å². The molecule has 0 unspecified atom stereocenters. The van der Waals surface area contributed by atoms with Gasteiger partial charge in [0.05, 0.1) is 6.42 Å². The molecule has 2 amide bonds. The summed E-state index contributed by atoms with van der Waals surface area (Å²) >= 11 is 0. The Hall–Kier alpha value is -2.77. The van der Waals surface area contributed by atoms with E-state index in [1.807, 2.05) is 6.07 Å². The fourth-order valence-electron chi connectivity index (χ4n) is 2.17. The summed E-state index contributed by atoms with van der Waals surface area (Å²) in [5.74, 6) is 0.880. The van der Waals surface area contributed by atoms with Crippen molar-refractivity contribution in [3.63, 3.8) is 0 Å². The minimum atomic E-state index is -0.216. The molecule has 4 N–H and O–H groups in total. The number of nitrogens with two attached hydrogens (primary N) is 1. The number of rotatable bonds is 9. The summed E-state index contributed by atoms with van der Waals surface area (Å²) in [5.41, 5.74) is 6.86. The second-order valence-electron chi connectivity index (χ2n) is 5.50. The number of halogens is 1. The molecule has 0 aliphatic carbocycles. The van der Waals surface area contributed by atoms with Gasteiger partial charge in [0.15, 0.2) is 6.61 Å². The van der Waals surface area contributed by atoms with Crippen LogP contribution in [0.25, 0.3) is 0 Å². The number of hydrogen-bond donors (Lipinski definition) is 3. The number of amides is 2. The van der Waals surface area contributed by atoms with Crippen LogP contribution < -0.4 is 25.8 Å². The quantitative estimate of drug-likeness (QED) is 0.602. The molecule has 0 fully saturated rings. The van der Waals surface area contributed by atoms with E-state index >= 15 is 0 Å². The first-order valence-corrected chi connectivity index (χ1v) is 8.26. The van der Waals surface area contributed by atoms with E-state index in [1.165, 1.54) is 0 Å². The van der Waals surface area contributed by atoms with Gasteiger partial charge in [0, 0.05) is 19.3 Å². The van der Waals surface area contributed by atoms with E-state index in [9.17, 15) is 9.59 Å². The molecule has 0 aromatic heterocycles. The van der Waals surface area contributed by atoms with Gasteiger partial charge < -0.3 is 25.8 Å². The molecule has 27 heavy (non-hydrogen) atoms. The Kier molecular flexibility index (Phi) is 9.71. The third-order valence-electron chi connectivity index (χ3n) is 3.44. The third kappa shape index (κ3) is 7.98. The summed E-state index contributed by atoms with van der Waals surface area (Å²) in [4.78, 5) is 23.4. The third-order valence-corrected chi connectivity index (χ3v) is 3.44. The van der Waals surface area contributed by atoms with Gasteiger partial charge in [-0.05, 0) is 42.0 Å². The second-order valence-corrected chi connectivity index (χ2v) is 5.50. The Morgan fingerprint density at radius 3 is 2.41 bits per heavy atom. The molecule has 8 heteroatoms. The molecule has 0 saturated heterocycles. The monoisotopic (exact) mass is 393 g/mol. The summed E-state index contributed by atoms with van der Waals surface area (Å²) in [6, 6.07) is 14.2. The fourth-order valence-corrected chi connectivity index (χ4v) is 2.17. The van der Waals surface area contributed by atoms with Crippen LogP contribution in [-0.4, -0.2) is 38.6 Å².